The molecule has 0 aliphatic carbocycles. The Kier molecular flexibility index (Phi) is 3.79. The molecule has 0 saturated carbocycles. The number of benzene rings is 1. The lowest BCUT2D eigenvalue weighted by atomic mass is 9.95. The topological polar surface area (TPSA) is 41.1 Å². The van der Waals surface area contributed by atoms with Gasteiger partial charge in [0.15, 0.2) is 0 Å². The molecule has 1 aromatic carbocycles. The van der Waals surface area contributed by atoms with Crippen LogP contribution in [0.1, 0.15) is 28.4 Å². The predicted molar refractivity (Wildman–Crippen MR) is 67.6 cm³/mol. The molecule has 1 amide bonds. The molecule has 0 atom stereocenters. The molecule has 1 aromatic rings. The van der Waals surface area contributed by atoms with Crippen molar-refractivity contribution in [3.63, 3.8) is 0 Å². The number of hydrogen-bond acceptors (Lipinski definition) is 2. The summed E-state index contributed by atoms with van der Waals surface area (Å²) in [5.41, 5.74) is 3.19. The van der Waals surface area contributed by atoms with Crippen molar-refractivity contribution >= 4 is 5.91 Å². The molecular formula is C14H16N2O. The van der Waals surface area contributed by atoms with Crippen LogP contribution in [-0.2, 0) is 13.0 Å². The lowest BCUT2D eigenvalue weighted by Gasteiger charge is -2.19. The minimum atomic E-state index is -0.0218. The van der Waals surface area contributed by atoms with E-state index in [9.17, 15) is 4.79 Å². The molecule has 2 N–H and O–H groups in total. The molecule has 3 nitrogen and oxygen atoms in total. The smallest absolute Gasteiger partial charge is 0.252 e. The summed E-state index contributed by atoms with van der Waals surface area (Å²) in [6, 6.07) is 5.90. The molecule has 88 valence electrons. The van der Waals surface area contributed by atoms with Crippen LogP contribution in [0.5, 0.6) is 0 Å². The Labute approximate surface area is 102 Å². The van der Waals surface area contributed by atoms with Crippen molar-refractivity contribution < 1.29 is 4.79 Å². The van der Waals surface area contributed by atoms with E-state index in [-0.39, 0.29) is 5.91 Å². The number of carbonyl (C=O) groups is 1. The van der Waals surface area contributed by atoms with Crippen molar-refractivity contribution in [3.05, 3.63) is 34.9 Å². The first-order valence-electron chi connectivity index (χ1n) is 5.82. The molecule has 0 spiro atoms. The molecule has 2 rings (SSSR count). The number of nitrogens with one attached hydrogen (secondary N) is 2. The highest BCUT2D eigenvalue weighted by Crippen LogP contribution is 2.18. The Morgan fingerprint density at radius 1 is 1.53 bits per heavy atom. The highest BCUT2D eigenvalue weighted by Gasteiger charge is 2.16. The zero-order chi connectivity index (χ0) is 12.1. The second kappa shape index (κ2) is 5.51. The van der Waals surface area contributed by atoms with Crippen molar-refractivity contribution in [2.45, 2.75) is 19.9 Å². The third-order valence-corrected chi connectivity index (χ3v) is 2.90. The Hall–Kier alpha value is -1.79. The van der Waals surface area contributed by atoms with E-state index in [1.54, 1.807) is 6.92 Å². The Bertz CT molecular complexity index is 483. The molecule has 0 unspecified atom stereocenters. The van der Waals surface area contributed by atoms with Gasteiger partial charge in [0.25, 0.3) is 5.91 Å². The number of rotatable bonds is 2. The summed E-state index contributed by atoms with van der Waals surface area (Å²) in [5, 5.41) is 6.12. The van der Waals surface area contributed by atoms with Crippen LogP contribution >= 0.6 is 0 Å². The van der Waals surface area contributed by atoms with Gasteiger partial charge < -0.3 is 10.6 Å². The molecule has 17 heavy (non-hydrogen) atoms. The third kappa shape index (κ3) is 2.66. The van der Waals surface area contributed by atoms with E-state index in [0.717, 1.165) is 25.1 Å². The Balaban J connectivity index is 2.19. The summed E-state index contributed by atoms with van der Waals surface area (Å²) in [6.07, 6.45) is 0.915. The minimum Gasteiger partial charge on any atom is -0.341 e. The van der Waals surface area contributed by atoms with E-state index in [1.807, 2.05) is 12.1 Å². The summed E-state index contributed by atoms with van der Waals surface area (Å²) < 4.78 is 0. The van der Waals surface area contributed by atoms with Crippen LogP contribution in [0.15, 0.2) is 18.2 Å². The molecule has 0 aromatic heterocycles. The average Bonchev–Trinajstić information content (AvgIpc) is 2.38. The van der Waals surface area contributed by atoms with Crippen molar-refractivity contribution in [3.8, 4) is 11.8 Å². The van der Waals surface area contributed by atoms with Gasteiger partial charge in [-0.05, 0) is 37.1 Å². The van der Waals surface area contributed by atoms with Crippen LogP contribution in [0.4, 0.5) is 0 Å². The van der Waals surface area contributed by atoms with Gasteiger partial charge in [0.1, 0.15) is 0 Å². The van der Waals surface area contributed by atoms with Gasteiger partial charge in [0.05, 0.1) is 6.54 Å². The van der Waals surface area contributed by atoms with Gasteiger partial charge in [-0.25, -0.2) is 0 Å². The first kappa shape index (κ1) is 11.7. The molecule has 0 radical (unpaired) electrons. The Morgan fingerprint density at radius 2 is 2.41 bits per heavy atom. The van der Waals surface area contributed by atoms with E-state index in [0.29, 0.717) is 6.54 Å². The predicted octanol–water partition coefficient (Wildman–Crippen LogP) is 1.09. The quantitative estimate of drug-likeness (QED) is 0.744. The second-order valence-electron chi connectivity index (χ2n) is 3.98. The normalized spacial score (nSPS) is 13.2. The second-order valence-corrected chi connectivity index (χ2v) is 3.98. The molecule has 0 saturated heterocycles. The van der Waals surface area contributed by atoms with Crippen molar-refractivity contribution in [2.24, 2.45) is 0 Å². The number of carbonyl (C=O) groups excluding carboxylic acids is 1. The molecule has 0 bridgehead atoms. The average molecular weight is 228 g/mol. The van der Waals surface area contributed by atoms with E-state index >= 15 is 0 Å². The van der Waals surface area contributed by atoms with Gasteiger partial charge in [0.2, 0.25) is 0 Å². The summed E-state index contributed by atoms with van der Waals surface area (Å²) in [6.45, 7) is 3.97. The standard InChI is InChI=1S/C14H16N2O/c1-2-3-8-16-14(17)13-6-4-5-11-10-15-9-7-12(11)13/h4-6,15H,7-10H2,1H3,(H,16,17). The van der Waals surface area contributed by atoms with Gasteiger partial charge in [0, 0.05) is 12.1 Å². The fourth-order valence-electron chi connectivity index (χ4n) is 2.05. The maximum Gasteiger partial charge on any atom is 0.252 e. The van der Waals surface area contributed by atoms with Gasteiger partial charge in [-0.15, -0.1) is 5.92 Å². The van der Waals surface area contributed by atoms with E-state index < -0.39 is 0 Å². The van der Waals surface area contributed by atoms with Gasteiger partial charge >= 0.3 is 0 Å². The summed E-state index contributed by atoms with van der Waals surface area (Å²) in [5.74, 6) is 5.58. The first-order valence-corrected chi connectivity index (χ1v) is 5.82. The van der Waals surface area contributed by atoms with Crippen LogP contribution in [0.25, 0.3) is 0 Å². The van der Waals surface area contributed by atoms with Crippen molar-refractivity contribution in [2.75, 3.05) is 13.1 Å². The third-order valence-electron chi connectivity index (χ3n) is 2.90. The lowest BCUT2D eigenvalue weighted by molar-refractivity contribution is 0.0957. The number of amides is 1. The van der Waals surface area contributed by atoms with Gasteiger partial charge in [-0.1, -0.05) is 18.1 Å². The molecular weight excluding hydrogens is 212 g/mol. The molecule has 1 heterocycles. The maximum atomic E-state index is 12.0. The summed E-state index contributed by atoms with van der Waals surface area (Å²) >= 11 is 0. The van der Waals surface area contributed by atoms with Crippen molar-refractivity contribution in [1.82, 2.24) is 10.6 Å². The van der Waals surface area contributed by atoms with E-state index in [2.05, 4.69) is 28.5 Å². The number of hydrogen-bond donors (Lipinski definition) is 2. The van der Waals surface area contributed by atoms with Crippen LogP contribution in [0.2, 0.25) is 0 Å². The fraction of sp³-hybridized carbons (Fsp3) is 0.357. The maximum absolute atomic E-state index is 12.0. The fourth-order valence-corrected chi connectivity index (χ4v) is 2.05. The van der Waals surface area contributed by atoms with Crippen LogP contribution in [-0.4, -0.2) is 19.0 Å². The summed E-state index contributed by atoms with van der Waals surface area (Å²) in [7, 11) is 0. The van der Waals surface area contributed by atoms with Crippen LogP contribution in [0.3, 0.4) is 0 Å². The van der Waals surface area contributed by atoms with Crippen LogP contribution in [0, 0.1) is 11.8 Å². The molecule has 1 aliphatic heterocycles. The van der Waals surface area contributed by atoms with E-state index in [1.165, 1.54) is 11.1 Å². The minimum absolute atomic E-state index is 0.0218. The molecule has 1 aliphatic rings. The zero-order valence-electron chi connectivity index (χ0n) is 9.97. The molecule has 0 fully saturated rings. The SMILES string of the molecule is CC#CCNC(=O)c1cccc2c1CCNC2. The monoisotopic (exact) mass is 228 g/mol. The lowest BCUT2D eigenvalue weighted by Crippen LogP contribution is -2.29. The molecule has 3 heteroatoms. The first-order chi connectivity index (χ1) is 8.33. The van der Waals surface area contributed by atoms with Crippen molar-refractivity contribution in [1.29, 1.82) is 0 Å². The largest absolute Gasteiger partial charge is 0.341 e. The Morgan fingerprint density at radius 3 is 3.24 bits per heavy atom. The number of fused-ring (bicyclic) bond motifs is 1. The van der Waals surface area contributed by atoms with Gasteiger partial charge in [-0.2, -0.15) is 0 Å². The highest BCUT2D eigenvalue weighted by molar-refractivity contribution is 5.96. The van der Waals surface area contributed by atoms with E-state index in [4.69, 9.17) is 0 Å². The summed E-state index contributed by atoms with van der Waals surface area (Å²) in [4.78, 5) is 12.0. The van der Waals surface area contributed by atoms with Gasteiger partial charge in [-0.3, -0.25) is 4.79 Å². The van der Waals surface area contributed by atoms with Crippen LogP contribution < -0.4 is 10.6 Å². The highest BCUT2D eigenvalue weighted by atomic mass is 16.1. The zero-order valence-corrected chi connectivity index (χ0v) is 9.97.